The summed E-state index contributed by atoms with van der Waals surface area (Å²) in [7, 11) is 0. The van der Waals surface area contributed by atoms with Crippen molar-refractivity contribution in [3.63, 3.8) is 0 Å². The van der Waals surface area contributed by atoms with E-state index in [0.29, 0.717) is 6.54 Å². The summed E-state index contributed by atoms with van der Waals surface area (Å²) in [6.45, 7) is 0.383. The topological polar surface area (TPSA) is 101 Å². The molecule has 0 amide bonds. The number of hydrogen-bond acceptors (Lipinski definition) is 5. The molecule has 1 aliphatic carbocycles. The second-order valence-corrected chi connectivity index (χ2v) is 4.37. The summed E-state index contributed by atoms with van der Waals surface area (Å²) in [6.07, 6.45) is 2.30. The summed E-state index contributed by atoms with van der Waals surface area (Å²) in [6, 6.07) is 1.54. The number of anilines is 1. The highest BCUT2D eigenvalue weighted by molar-refractivity contribution is 5.23. The number of rotatable bonds is 4. The molecule has 1 heterocycles. The van der Waals surface area contributed by atoms with Crippen LogP contribution in [0.15, 0.2) is 17.1 Å². The molecule has 0 aliphatic heterocycles. The monoisotopic (exact) mass is 225 g/mol. The van der Waals surface area contributed by atoms with Crippen molar-refractivity contribution in [2.24, 2.45) is 11.3 Å². The Labute approximate surface area is 92.4 Å². The third-order valence-corrected chi connectivity index (χ3v) is 3.28. The Morgan fingerprint density at radius 3 is 2.88 bits per heavy atom. The number of hydrogen-bond donors (Lipinski definition) is 3. The predicted molar refractivity (Wildman–Crippen MR) is 57.6 cm³/mol. The molecule has 0 aromatic carbocycles. The first-order valence-corrected chi connectivity index (χ1v) is 5.16. The first-order valence-electron chi connectivity index (χ1n) is 5.16. The van der Waals surface area contributed by atoms with Crippen LogP contribution >= 0.6 is 0 Å². The lowest BCUT2D eigenvalue weighted by Gasteiger charge is -2.15. The summed E-state index contributed by atoms with van der Waals surface area (Å²) in [4.78, 5) is 15.1. The average Bonchev–Trinajstić information content (AvgIpc) is 2.97. The van der Waals surface area contributed by atoms with Crippen LogP contribution in [0, 0.1) is 11.3 Å². The van der Waals surface area contributed by atoms with E-state index in [9.17, 15) is 9.90 Å². The fraction of sp³-hybridized carbons (Fsp3) is 0.600. The number of nitrogens with two attached hydrogens (primary N) is 1. The highest BCUT2D eigenvalue weighted by Gasteiger charge is 2.53. The van der Waals surface area contributed by atoms with Gasteiger partial charge in [0.1, 0.15) is 5.82 Å². The zero-order chi connectivity index (χ0) is 11.8. The minimum atomic E-state index is -0.420. The zero-order valence-electron chi connectivity index (χ0n) is 8.83. The van der Waals surface area contributed by atoms with Gasteiger partial charge in [0.15, 0.2) is 0 Å². The standard InChI is InChI=1S/C10H15N3O3/c11-8-1-2-13(9(16)12-8)5-10(6-15)3-7(10)4-14/h1-2,7,14-15H,3-6H2,(H2,11,12,16)/t7-,10-/m0/s1. The van der Waals surface area contributed by atoms with Gasteiger partial charge in [-0.3, -0.25) is 4.57 Å². The van der Waals surface area contributed by atoms with Crippen molar-refractivity contribution in [1.29, 1.82) is 0 Å². The van der Waals surface area contributed by atoms with Crippen LogP contribution in [0.4, 0.5) is 5.82 Å². The van der Waals surface area contributed by atoms with E-state index in [2.05, 4.69) is 4.98 Å². The number of nitrogens with zero attached hydrogens (tertiary/aromatic N) is 2. The molecule has 1 fully saturated rings. The van der Waals surface area contributed by atoms with Gasteiger partial charge < -0.3 is 15.9 Å². The normalized spacial score (nSPS) is 28.0. The number of aromatic nitrogens is 2. The molecule has 6 nitrogen and oxygen atoms in total. The van der Waals surface area contributed by atoms with Crippen molar-refractivity contribution in [3.8, 4) is 0 Å². The molecular weight excluding hydrogens is 210 g/mol. The SMILES string of the molecule is Nc1ccn(C[C@]2(CO)C[C@H]2CO)c(=O)n1. The largest absolute Gasteiger partial charge is 0.396 e. The molecule has 1 aliphatic rings. The minimum Gasteiger partial charge on any atom is -0.396 e. The lowest BCUT2D eigenvalue weighted by molar-refractivity contribution is 0.156. The summed E-state index contributed by atoms with van der Waals surface area (Å²) in [5.74, 6) is 0.260. The van der Waals surface area contributed by atoms with Gasteiger partial charge in [-0.25, -0.2) is 4.79 Å². The van der Waals surface area contributed by atoms with E-state index in [1.54, 1.807) is 12.3 Å². The maximum absolute atomic E-state index is 11.5. The van der Waals surface area contributed by atoms with Crippen LogP contribution in [0.1, 0.15) is 6.42 Å². The summed E-state index contributed by atoms with van der Waals surface area (Å²) < 4.78 is 1.42. The van der Waals surface area contributed by atoms with Crippen LogP contribution in [0.2, 0.25) is 0 Å². The van der Waals surface area contributed by atoms with Crippen molar-refractivity contribution in [2.75, 3.05) is 18.9 Å². The molecular formula is C10H15N3O3. The third-order valence-electron chi connectivity index (χ3n) is 3.28. The number of nitrogen functional groups attached to an aromatic ring is 1. The van der Waals surface area contributed by atoms with Gasteiger partial charge in [0.25, 0.3) is 0 Å². The van der Waals surface area contributed by atoms with Crippen LogP contribution in [0.5, 0.6) is 0 Å². The van der Waals surface area contributed by atoms with E-state index in [0.717, 1.165) is 6.42 Å². The molecule has 0 unspecified atom stereocenters. The quantitative estimate of drug-likeness (QED) is 0.598. The Bertz CT molecular complexity index is 445. The van der Waals surface area contributed by atoms with Gasteiger partial charge in [0.2, 0.25) is 0 Å². The van der Waals surface area contributed by atoms with Gasteiger partial charge in [-0.05, 0) is 18.4 Å². The number of aliphatic hydroxyl groups is 2. The van der Waals surface area contributed by atoms with Gasteiger partial charge in [-0.2, -0.15) is 4.98 Å². The molecule has 1 aromatic rings. The Kier molecular flexibility index (Phi) is 2.69. The van der Waals surface area contributed by atoms with Crippen LogP contribution in [0.25, 0.3) is 0 Å². The lowest BCUT2D eigenvalue weighted by Crippen LogP contribution is -2.29. The van der Waals surface area contributed by atoms with Gasteiger partial charge in [-0.15, -0.1) is 0 Å². The van der Waals surface area contributed by atoms with E-state index in [1.165, 1.54) is 4.57 Å². The second-order valence-electron chi connectivity index (χ2n) is 4.37. The Morgan fingerprint density at radius 1 is 1.62 bits per heavy atom. The zero-order valence-corrected chi connectivity index (χ0v) is 8.83. The van der Waals surface area contributed by atoms with Crippen molar-refractivity contribution in [3.05, 3.63) is 22.7 Å². The third kappa shape index (κ3) is 1.81. The fourth-order valence-electron chi connectivity index (χ4n) is 2.03. The minimum absolute atomic E-state index is 0.0327. The molecule has 88 valence electrons. The molecule has 0 saturated heterocycles. The summed E-state index contributed by atoms with van der Waals surface area (Å²) >= 11 is 0. The highest BCUT2D eigenvalue weighted by Crippen LogP contribution is 2.52. The van der Waals surface area contributed by atoms with Crippen LogP contribution < -0.4 is 11.4 Å². The Balaban J connectivity index is 2.18. The second kappa shape index (κ2) is 3.88. The smallest absolute Gasteiger partial charge is 0.349 e. The Hall–Kier alpha value is -1.40. The van der Waals surface area contributed by atoms with Crippen LogP contribution in [-0.2, 0) is 6.54 Å². The molecule has 0 bridgehead atoms. The van der Waals surface area contributed by atoms with E-state index < -0.39 is 5.69 Å². The van der Waals surface area contributed by atoms with E-state index >= 15 is 0 Å². The summed E-state index contributed by atoms with van der Waals surface area (Å²) in [5, 5.41) is 18.3. The van der Waals surface area contributed by atoms with Crippen LogP contribution in [0.3, 0.4) is 0 Å². The van der Waals surface area contributed by atoms with Crippen molar-refractivity contribution >= 4 is 5.82 Å². The molecule has 6 heteroatoms. The molecule has 16 heavy (non-hydrogen) atoms. The number of aliphatic hydroxyl groups excluding tert-OH is 2. The lowest BCUT2D eigenvalue weighted by atomic mass is 10.1. The van der Waals surface area contributed by atoms with Crippen molar-refractivity contribution < 1.29 is 10.2 Å². The molecule has 1 saturated carbocycles. The fourth-order valence-corrected chi connectivity index (χ4v) is 2.03. The summed E-state index contributed by atoms with van der Waals surface area (Å²) in [5.41, 5.74) is 4.59. The molecule has 1 aromatic heterocycles. The van der Waals surface area contributed by atoms with Gasteiger partial charge in [0, 0.05) is 24.8 Å². The van der Waals surface area contributed by atoms with Gasteiger partial charge >= 0.3 is 5.69 Å². The van der Waals surface area contributed by atoms with Crippen molar-refractivity contribution in [1.82, 2.24) is 9.55 Å². The van der Waals surface area contributed by atoms with Gasteiger partial charge in [0.05, 0.1) is 6.61 Å². The molecule has 2 rings (SSSR count). The molecule has 0 spiro atoms. The maximum atomic E-state index is 11.5. The first-order chi connectivity index (χ1) is 7.61. The Morgan fingerprint density at radius 2 is 2.38 bits per heavy atom. The van der Waals surface area contributed by atoms with Crippen molar-refractivity contribution in [2.45, 2.75) is 13.0 Å². The van der Waals surface area contributed by atoms with E-state index in [4.69, 9.17) is 10.8 Å². The first kappa shape index (κ1) is 11.1. The average molecular weight is 225 g/mol. The van der Waals surface area contributed by atoms with Gasteiger partial charge in [-0.1, -0.05) is 0 Å². The van der Waals surface area contributed by atoms with E-state index in [-0.39, 0.29) is 30.4 Å². The molecule has 0 radical (unpaired) electrons. The van der Waals surface area contributed by atoms with E-state index in [1.807, 2.05) is 0 Å². The maximum Gasteiger partial charge on any atom is 0.349 e. The molecule has 4 N–H and O–H groups in total. The van der Waals surface area contributed by atoms with Crippen LogP contribution in [-0.4, -0.2) is 33.0 Å². The molecule has 2 atom stereocenters. The predicted octanol–water partition coefficient (Wildman–Crippen LogP) is -1.18. The highest BCUT2D eigenvalue weighted by atomic mass is 16.3.